The number of hydrogen-bond acceptors (Lipinski definition) is 5. The van der Waals surface area contributed by atoms with Gasteiger partial charge in [0.25, 0.3) is 0 Å². The molecule has 2 aliphatic heterocycles. The first-order valence-corrected chi connectivity index (χ1v) is 8.18. The minimum absolute atomic E-state index is 0.478. The van der Waals surface area contributed by atoms with Crippen molar-refractivity contribution < 1.29 is 19.3 Å². The van der Waals surface area contributed by atoms with Crippen molar-refractivity contribution in [2.45, 2.75) is 48.2 Å². The largest absolute Gasteiger partial charge is 0.390 e. The molecular weight excluding hydrogens is 264 g/mol. The minimum atomic E-state index is -0.478. The van der Waals surface area contributed by atoms with E-state index >= 15 is 0 Å². The van der Waals surface area contributed by atoms with Gasteiger partial charge in [-0.3, -0.25) is 0 Å². The van der Waals surface area contributed by atoms with Gasteiger partial charge in [0, 0.05) is 24.2 Å². The number of rotatable bonds is 9. The van der Waals surface area contributed by atoms with Crippen LogP contribution in [0.15, 0.2) is 0 Å². The lowest BCUT2D eigenvalue weighted by molar-refractivity contribution is -0.0247. The Kier molecular flexibility index (Phi) is 6.42. The number of fused-ring (bicyclic) bond motifs is 2. The van der Waals surface area contributed by atoms with E-state index in [2.05, 4.69) is 11.8 Å². The summed E-state index contributed by atoms with van der Waals surface area (Å²) in [6.07, 6.45) is 5.22. The third-order valence-corrected chi connectivity index (χ3v) is 5.50. The molecule has 2 saturated heterocycles. The molecule has 0 aromatic carbocycles. The summed E-state index contributed by atoms with van der Waals surface area (Å²) in [4.78, 5) is 0. The fraction of sp³-hybridized carbons (Fsp3) is 1.00. The van der Waals surface area contributed by atoms with Crippen LogP contribution in [0.4, 0.5) is 0 Å². The molecule has 0 spiro atoms. The van der Waals surface area contributed by atoms with Crippen LogP contribution in [0, 0.1) is 0 Å². The Morgan fingerprint density at radius 1 is 1.00 bits per heavy atom. The van der Waals surface area contributed by atoms with E-state index in [0.717, 1.165) is 19.3 Å². The maximum absolute atomic E-state index is 10.6. The van der Waals surface area contributed by atoms with Crippen LogP contribution in [0.3, 0.4) is 0 Å². The average molecular weight is 290 g/mol. The van der Waals surface area contributed by atoms with Crippen LogP contribution in [0.25, 0.3) is 0 Å². The average Bonchev–Trinajstić information content (AvgIpc) is 2.73. The number of ether oxygens (including phenoxy) is 3. The number of hydrogen-bond donors (Lipinski definition) is 1. The van der Waals surface area contributed by atoms with Crippen molar-refractivity contribution in [2.75, 3.05) is 40.1 Å². The van der Waals surface area contributed by atoms with Crippen LogP contribution in [0.1, 0.15) is 32.1 Å². The second-order valence-corrected chi connectivity index (χ2v) is 7.16. The zero-order valence-electron chi connectivity index (χ0n) is 11.8. The molecule has 0 amide bonds. The number of aliphatic hydroxyl groups is 1. The van der Waals surface area contributed by atoms with E-state index < -0.39 is 5.60 Å². The number of methoxy groups -OCH3 is 1. The lowest BCUT2D eigenvalue weighted by atomic mass is 9.90. The highest BCUT2D eigenvalue weighted by atomic mass is 32.2. The van der Waals surface area contributed by atoms with Crippen LogP contribution in [-0.4, -0.2) is 61.4 Å². The fourth-order valence-corrected chi connectivity index (χ4v) is 4.84. The van der Waals surface area contributed by atoms with Gasteiger partial charge in [-0.15, -0.1) is 0 Å². The van der Waals surface area contributed by atoms with Crippen LogP contribution >= 0.6 is 11.8 Å². The molecule has 0 radical (unpaired) electrons. The van der Waals surface area contributed by atoms with Crippen LogP contribution in [0.2, 0.25) is 0 Å². The Balaban J connectivity index is 1.51. The number of thioether (sulfide) groups is 1. The first-order chi connectivity index (χ1) is 9.22. The molecule has 5 heteroatoms. The first kappa shape index (κ1) is 15.6. The Hall–Kier alpha value is 0.190. The molecule has 2 bridgehead atoms. The van der Waals surface area contributed by atoms with E-state index in [1.54, 1.807) is 7.11 Å². The molecule has 2 unspecified atom stereocenters. The van der Waals surface area contributed by atoms with Gasteiger partial charge in [-0.1, -0.05) is 0 Å². The molecule has 0 aliphatic carbocycles. The molecule has 2 rings (SSSR count). The minimum Gasteiger partial charge on any atom is -0.390 e. The molecular formula is C14H26O4S. The second-order valence-electron chi connectivity index (χ2n) is 5.56. The molecule has 0 saturated carbocycles. The molecule has 2 aliphatic rings. The van der Waals surface area contributed by atoms with E-state index in [1.807, 2.05) is 0 Å². The highest BCUT2D eigenvalue weighted by Gasteiger charge is 2.42. The molecule has 19 heavy (non-hydrogen) atoms. The van der Waals surface area contributed by atoms with Gasteiger partial charge in [0.15, 0.2) is 0 Å². The smallest absolute Gasteiger partial charge is 0.0701 e. The van der Waals surface area contributed by atoms with Gasteiger partial charge in [-0.25, -0.2) is 0 Å². The predicted octanol–water partition coefficient (Wildman–Crippen LogP) is 1.85. The summed E-state index contributed by atoms with van der Waals surface area (Å²) < 4.78 is 15.7. The lowest BCUT2D eigenvalue weighted by Gasteiger charge is -2.36. The van der Waals surface area contributed by atoms with Crippen molar-refractivity contribution in [1.82, 2.24) is 0 Å². The van der Waals surface area contributed by atoms with E-state index in [4.69, 9.17) is 14.2 Å². The molecule has 1 N–H and O–H groups in total. The van der Waals surface area contributed by atoms with Gasteiger partial charge in [-0.2, -0.15) is 11.8 Å². The standard InChI is InChI=1S/C14H26O4S/c1-16-6-7-18-9-8-17-5-4-14(15)10-12-2-3-13(11-14)19-12/h12-13,15H,2-11H2,1H3. The summed E-state index contributed by atoms with van der Waals surface area (Å²) in [5.41, 5.74) is -0.478. The molecule has 2 fully saturated rings. The van der Waals surface area contributed by atoms with Crippen LogP contribution in [-0.2, 0) is 14.2 Å². The van der Waals surface area contributed by atoms with Gasteiger partial charge in [0.2, 0.25) is 0 Å². The summed E-state index contributed by atoms with van der Waals surface area (Å²) >= 11 is 2.08. The van der Waals surface area contributed by atoms with Crippen molar-refractivity contribution in [3.8, 4) is 0 Å². The molecule has 2 atom stereocenters. The molecule has 4 nitrogen and oxygen atoms in total. The zero-order valence-corrected chi connectivity index (χ0v) is 12.6. The second kappa shape index (κ2) is 7.84. The van der Waals surface area contributed by atoms with E-state index in [1.165, 1.54) is 12.8 Å². The van der Waals surface area contributed by atoms with Gasteiger partial charge < -0.3 is 19.3 Å². The Labute approximate surface area is 120 Å². The van der Waals surface area contributed by atoms with E-state index in [-0.39, 0.29) is 0 Å². The highest BCUT2D eigenvalue weighted by Crippen LogP contribution is 2.48. The van der Waals surface area contributed by atoms with Gasteiger partial charge in [0.1, 0.15) is 0 Å². The Morgan fingerprint density at radius 2 is 1.58 bits per heavy atom. The van der Waals surface area contributed by atoms with E-state index in [9.17, 15) is 5.11 Å². The van der Waals surface area contributed by atoms with Gasteiger partial charge in [-0.05, 0) is 32.1 Å². The third kappa shape index (κ3) is 5.23. The van der Waals surface area contributed by atoms with E-state index in [0.29, 0.717) is 43.5 Å². The van der Waals surface area contributed by atoms with Crippen molar-refractivity contribution in [3.05, 3.63) is 0 Å². The maximum atomic E-state index is 10.6. The van der Waals surface area contributed by atoms with Crippen molar-refractivity contribution in [2.24, 2.45) is 0 Å². The van der Waals surface area contributed by atoms with Gasteiger partial charge in [0.05, 0.1) is 32.0 Å². The Bertz CT molecular complexity index is 250. The predicted molar refractivity (Wildman–Crippen MR) is 76.7 cm³/mol. The summed E-state index contributed by atoms with van der Waals surface area (Å²) in [6, 6.07) is 0. The van der Waals surface area contributed by atoms with Crippen molar-refractivity contribution in [3.63, 3.8) is 0 Å². The summed E-state index contributed by atoms with van der Waals surface area (Å²) in [5.74, 6) is 0. The lowest BCUT2D eigenvalue weighted by Crippen LogP contribution is -2.38. The monoisotopic (exact) mass is 290 g/mol. The van der Waals surface area contributed by atoms with Gasteiger partial charge >= 0.3 is 0 Å². The maximum Gasteiger partial charge on any atom is 0.0701 e. The Morgan fingerprint density at radius 3 is 2.21 bits per heavy atom. The summed E-state index contributed by atoms with van der Waals surface area (Å²) in [6.45, 7) is 3.07. The first-order valence-electron chi connectivity index (χ1n) is 7.24. The normalized spacial score (nSPS) is 33.8. The summed E-state index contributed by atoms with van der Waals surface area (Å²) in [7, 11) is 1.66. The SMILES string of the molecule is COCCOCCOCCC1(O)CC2CCC(C1)S2. The topological polar surface area (TPSA) is 47.9 Å². The fourth-order valence-electron chi connectivity index (χ4n) is 2.94. The van der Waals surface area contributed by atoms with Crippen LogP contribution in [0.5, 0.6) is 0 Å². The molecule has 112 valence electrons. The van der Waals surface area contributed by atoms with Crippen molar-refractivity contribution in [1.29, 1.82) is 0 Å². The molecule has 0 aromatic heterocycles. The zero-order chi connectivity index (χ0) is 13.6. The molecule has 0 aromatic rings. The summed E-state index contributed by atoms with van der Waals surface area (Å²) in [5, 5.41) is 11.9. The highest BCUT2D eigenvalue weighted by molar-refractivity contribution is 8.00. The van der Waals surface area contributed by atoms with Crippen molar-refractivity contribution >= 4 is 11.8 Å². The quantitative estimate of drug-likeness (QED) is 0.657. The molecule has 2 heterocycles. The third-order valence-electron chi connectivity index (χ3n) is 3.93. The van der Waals surface area contributed by atoms with Crippen LogP contribution < -0.4 is 0 Å².